The summed E-state index contributed by atoms with van der Waals surface area (Å²) in [7, 11) is 0.146. The molecule has 0 aromatic heterocycles. The molecule has 2 rings (SSSR count). The molecule has 26 heavy (non-hydrogen) atoms. The lowest BCUT2D eigenvalue weighted by Gasteiger charge is -2.22. The van der Waals surface area contributed by atoms with Gasteiger partial charge in [-0.3, -0.25) is 4.99 Å². The molecule has 0 unspecified atom stereocenters. The smallest absolute Gasteiger partial charge is 0.240 e. The lowest BCUT2D eigenvalue weighted by Crippen LogP contribution is -2.42. The molecule has 2 aromatic carbocycles. The Morgan fingerprint density at radius 3 is 2.38 bits per heavy atom. The molecule has 0 saturated heterocycles. The molecule has 2 N–H and O–H groups in total. The average molecular weight is 439 g/mol. The van der Waals surface area contributed by atoms with Crippen LogP contribution in [-0.4, -0.2) is 46.5 Å². The second kappa shape index (κ2) is 9.70. The minimum Gasteiger partial charge on any atom is -0.355 e. The highest BCUT2D eigenvalue weighted by atomic mass is 79.9. The Kier molecular flexibility index (Phi) is 7.62. The number of nitrogens with one attached hydrogen (secondary N) is 2. The summed E-state index contributed by atoms with van der Waals surface area (Å²) >= 11 is 3.54. The third-order valence-electron chi connectivity index (χ3n) is 3.69. The summed E-state index contributed by atoms with van der Waals surface area (Å²) in [5.74, 6) is 0.694. The molecular formula is C18H23BrN4O2S. The Balaban J connectivity index is 1.84. The highest BCUT2D eigenvalue weighted by Gasteiger charge is 2.13. The number of halogens is 1. The molecule has 2 aromatic rings. The molecule has 0 amide bonds. The Morgan fingerprint density at radius 1 is 1.08 bits per heavy atom. The molecule has 0 spiro atoms. The molecule has 0 aliphatic carbocycles. The van der Waals surface area contributed by atoms with E-state index in [4.69, 9.17) is 0 Å². The Morgan fingerprint density at radius 2 is 1.73 bits per heavy atom. The zero-order chi connectivity index (χ0) is 19.0. The number of nitrogens with zero attached hydrogens (tertiary/aromatic N) is 2. The third-order valence-corrected chi connectivity index (χ3v) is 5.94. The maximum atomic E-state index is 12.2. The quantitative estimate of drug-likeness (QED) is 0.395. The van der Waals surface area contributed by atoms with Gasteiger partial charge in [0.1, 0.15) is 0 Å². The fourth-order valence-electron chi connectivity index (χ4n) is 2.38. The van der Waals surface area contributed by atoms with Gasteiger partial charge in [0.25, 0.3) is 0 Å². The normalized spacial score (nSPS) is 12.0. The van der Waals surface area contributed by atoms with E-state index >= 15 is 0 Å². The van der Waals surface area contributed by atoms with Crippen molar-refractivity contribution in [3.8, 4) is 0 Å². The monoisotopic (exact) mass is 438 g/mol. The van der Waals surface area contributed by atoms with E-state index in [1.165, 1.54) is 0 Å². The number of hydrogen-bond acceptors (Lipinski definition) is 3. The van der Waals surface area contributed by atoms with Crippen LogP contribution in [0.4, 0.5) is 0 Å². The maximum absolute atomic E-state index is 12.2. The Labute approximate surface area is 163 Å². The van der Waals surface area contributed by atoms with E-state index in [9.17, 15) is 8.42 Å². The van der Waals surface area contributed by atoms with Gasteiger partial charge in [-0.2, -0.15) is 0 Å². The first-order valence-electron chi connectivity index (χ1n) is 8.14. The standard InChI is InChI=1S/C18H23BrN4O2S/c1-20-18(23(2)14-15-8-6-7-11-17(15)19)21-12-13-22-26(24,25)16-9-4-3-5-10-16/h3-11,22H,12-14H2,1-2H3,(H,20,21). The fraction of sp³-hybridized carbons (Fsp3) is 0.278. The number of sulfonamides is 1. The van der Waals surface area contributed by atoms with Gasteiger partial charge in [0.15, 0.2) is 5.96 Å². The van der Waals surface area contributed by atoms with Crippen molar-refractivity contribution in [1.82, 2.24) is 14.9 Å². The van der Waals surface area contributed by atoms with Crippen LogP contribution in [0.3, 0.4) is 0 Å². The molecule has 0 heterocycles. The fourth-order valence-corrected chi connectivity index (χ4v) is 3.85. The largest absolute Gasteiger partial charge is 0.355 e. The van der Waals surface area contributed by atoms with Crippen LogP contribution >= 0.6 is 15.9 Å². The molecule has 8 heteroatoms. The van der Waals surface area contributed by atoms with Crippen molar-refractivity contribution < 1.29 is 8.42 Å². The van der Waals surface area contributed by atoms with Crippen molar-refractivity contribution in [3.05, 3.63) is 64.6 Å². The van der Waals surface area contributed by atoms with E-state index in [1.54, 1.807) is 37.4 Å². The van der Waals surface area contributed by atoms with Crippen LogP contribution in [0.2, 0.25) is 0 Å². The molecule has 0 atom stereocenters. The average Bonchev–Trinajstić information content (AvgIpc) is 2.64. The molecule has 0 bridgehead atoms. The number of guanidine groups is 1. The van der Waals surface area contributed by atoms with E-state index in [2.05, 4.69) is 31.0 Å². The predicted octanol–water partition coefficient (Wildman–Crippen LogP) is 2.43. The topological polar surface area (TPSA) is 73.8 Å². The molecule has 0 aliphatic rings. The highest BCUT2D eigenvalue weighted by Crippen LogP contribution is 2.17. The van der Waals surface area contributed by atoms with Gasteiger partial charge in [0.05, 0.1) is 4.90 Å². The van der Waals surface area contributed by atoms with E-state index < -0.39 is 10.0 Å². The van der Waals surface area contributed by atoms with Crippen LogP contribution in [0.5, 0.6) is 0 Å². The summed E-state index contributed by atoms with van der Waals surface area (Å²) in [6.07, 6.45) is 0. The molecule has 0 fully saturated rings. The second-order valence-corrected chi connectivity index (χ2v) is 8.25. The van der Waals surface area contributed by atoms with Gasteiger partial charge in [-0.1, -0.05) is 52.3 Å². The van der Waals surface area contributed by atoms with Crippen LogP contribution < -0.4 is 10.0 Å². The Hall–Kier alpha value is -1.90. The zero-order valence-electron chi connectivity index (χ0n) is 14.8. The van der Waals surface area contributed by atoms with Crippen LogP contribution in [0.25, 0.3) is 0 Å². The van der Waals surface area contributed by atoms with E-state index in [0.717, 1.165) is 10.0 Å². The van der Waals surface area contributed by atoms with Crippen LogP contribution in [-0.2, 0) is 16.6 Å². The summed E-state index contributed by atoms with van der Waals surface area (Å²) in [6.45, 7) is 1.37. The van der Waals surface area contributed by atoms with Gasteiger partial charge in [-0.15, -0.1) is 0 Å². The number of benzene rings is 2. The van der Waals surface area contributed by atoms with Gasteiger partial charge in [0, 0.05) is 38.2 Å². The van der Waals surface area contributed by atoms with Gasteiger partial charge < -0.3 is 10.2 Å². The van der Waals surface area contributed by atoms with Crippen LogP contribution in [0.1, 0.15) is 5.56 Å². The van der Waals surface area contributed by atoms with Gasteiger partial charge in [-0.25, -0.2) is 13.1 Å². The minimum atomic E-state index is -3.49. The lowest BCUT2D eigenvalue weighted by molar-refractivity contribution is 0.476. The van der Waals surface area contributed by atoms with Gasteiger partial charge in [-0.05, 0) is 23.8 Å². The SMILES string of the molecule is CN=C(NCCNS(=O)(=O)c1ccccc1)N(C)Cc1ccccc1Br. The molecule has 6 nitrogen and oxygen atoms in total. The molecule has 140 valence electrons. The van der Waals surface area contributed by atoms with Crippen molar-refractivity contribution in [2.24, 2.45) is 4.99 Å². The first-order valence-corrected chi connectivity index (χ1v) is 10.4. The summed E-state index contributed by atoms with van der Waals surface area (Å²) < 4.78 is 28.0. The maximum Gasteiger partial charge on any atom is 0.240 e. The lowest BCUT2D eigenvalue weighted by atomic mass is 10.2. The van der Waals surface area contributed by atoms with E-state index in [1.807, 2.05) is 36.2 Å². The van der Waals surface area contributed by atoms with Crippen molar-refractivity contribution in [3.63, 3.8) is 0 Å². The Bertz CT molecular complexity index is 841. The molecule has 0 saturated carbocycles. The number of aliphatic imine (C=N–C) groups is 1. The van der Waals surface area contributed by atoms with Crippen molar-refractivity contribution >= 4 is 31.9 Å². The summed E-state index contributed by atoms with van der Waals surface area (Å²) in [5.41, 5.74) is 1.14. The molecular weight excluding hydrogens is 416 g/mol. The van der Waals surface area contributed by atoms with E-state index in [-0.39, 0.29) is 11.4 Å². The molecule has 0 radical (unpaired) electrons. The predicted molar refractivity (Wildman–Crippen MR) is 109 cm³/mol. The van der Waals surface area contributed by atoms with Crippen LogP contribution in [0, 0.1) is 0 Å². The summed E-state index contributed by atoms with van der Waals surface area (Å²) in [6, 6.07) is 16.3. The van der Waals surface area contributed by atoms with Crippen molar-refractivity contribution in [2.45, 2.75) is 11.4 Å². The molecule has 0 aliphatic heterocycles. The van der Waals surface area contributed by atoms with Gasteiger partial charge in [0.2, 0.25) is 10.0 Å². The zero-order valence-corrected chi connectivity index (χ0v) is 17.2. The van der Waals surface area contributed by atoms with Crippen LogP contribution in [0.15, 0.2) is 69.0 Å². The highest BCUT2D eigenvalue weighted by molar-refractivity contribution is 9.10. The van der Waals surface area contributed by atoms with Gasteiger partial charge >= 0.3 is 0 Å². The van der Waals surface area contributed by atoms with E-state index in [0.29, 0.717) is 19.0 Å². The summed E-state index contributed by atoms with van der Waals surface area (Å²) in [5, 5.41) is 3.17. The first-order chi connectivity index (χ1) is 12.4. The number of rotatable bonds is 7. The minimum absolute atomic E-state index is 0.260. The third kappa shape index (κ3) is 5.82. The first kappa shape index (κ1) is 20.4. The van der Waals surface area contributed by atoms with Crippen molar-refractivity contribution in [2.75, 3.05) is 27.2 Å². The second-order valence-electron chi connectivity index (χ2n) is 5.63. The summed E-state index contributed by atoms with van der Waals surface area (Å²) in [4.78, 5) is 6.48. The number of hydrogen-bond donors (Lipinski definition) is 2. The van der Waals surface area contributed by atoms with Crippen molar-refractivity contribution in [1.29, 1.82) is 0 Å².